The highest BCUT2D eigenvalue weighted by molar-refractivity contribution is 5.42. The van der Waals surface area contributed by atoms with Crippen molar-refractivity contribution in [3.8, 4) is 5.75 Å². The summed E-state index contributed by atoms with van der Waals surface area (Å²) in [7, 11) is 1.50. The summed E-state index contributed by atoms with van der Waals surface area (Å²) < 4.78 is 19.5. The molecular formula is C21H25FN2O2. The van der Waals surface area contributed by atoms with Crippen LogP contribution < -0.4 is 10.1 Å². The smallest absolute Gasteiger partial charge is 0.168 e. The van der Waals surface area contributed by atoms with Crippen LogP contribution in [-0.4, -0.2) is 23.2 Å². The Hall–Kier alpha value is -1.98. The maximum atomic E-state index is 14.4. The van der Waals surface area contributed by atoms with Crippen molar-refractivity contribution in [1.82, 2.24) is 10.3 Å². The summed E-state index contributed by atoms with van der Waals surface area (Å²) in [6.45, 7) is 0. The van der Waals surface area contributed by atoms with E-state index in [1.165, 1.54) is 7.11 Å². The summed E-state index contributed by atoms with van der Waals surface area (Å²) in [4.78, 5) is 4.13. The van der Waals surface area contributed by atoms with E-state index in [1.807, 2.05) is 18.2 Å². The number of pyridine rings is 1. The molecule has 0 saturated heterocycles. The van der Waals surface area contributed by atoms with E-state index in [2.05, 4.69) is 10.3 Å². The van der Waals surface area contributed by atoms with Crippen molar-refractivity contribution >= 4 is 0 Å². The van der Waals surface area contributed by atoms with Crippen LogP contribution in [0.3, 0.4) is 0 Å². The molecule has 1 atom stereocenters. The van der Waals surface area contributed by atoms with E-state index in [4.69, 9.17) is 4.74 Å². The lowest BCUT2D eigenvalue weighted by molar-refractivity contribution is -0.00967. The van der Waals surface area contributed by atoms with Crippen molar-refractivity contribution in [3.05, 3.63) is 59.2 Å². The van der Waals surface area contributed by atoms with Gasteiger partial charge in [-0.1, -0.05) is 12.1 Å². The van der Waals surface area contributed by atoms with Gasteiger partial charge in [0.1, 0.15) is 0 Å². The third kappa shape index (κ3) is 3.10. The first-order valence-corrected chi connectivity index (χ1v) is 9.35. The monoisotopic (exact) mass is 356 g/mol. The standard InChI is InChI=1S/C21H25FN2O2/c1-26-19-7-5-16-17(20(19)22)4-6-18(16)24-15-8-10-21(25,11-9-15)14-3-2-12-23-13-14/h2-3,5,7,12-13,15,18,24-25H,4,6,8-11H2,1H3. The number of nitrogens with zero attached hydrogens (tertiary/aromatic N) is 1. The Labute approximate surface area is 153 Å². The maximum absolute atomic E-state index is 14.4. The summed E-state index contributed by atoms with van der Waals surface area (Å²) in [6, 6.07) is 8.04. The molecule has 4 rings (SSSR count). The first-order chi connectivity index (χ1) is 12.6. The van der Waals surface area contributed by atoms with Gasteiger partial charge in [-0.3, -0.25) is 4.98 Å². The molecule has 2 aromatic rings. The first-order valence-electron chi connectivity index (χ1n) is 9.35. The fourth-order valence-electron chi connectivity index (χ4n) is 4.44. The molecule has 1 aromatic heterocycles. The lowest BCUT2D eigenvalue weighted by atomic mass is 9.78. The topological polar surface area (TPSA) is 54.4 Å². The molecule has 4 nitrogen and oxygen atoms in total. The van der Waals surface area contributed by atoms with Crippen LogP contribution in [0.15, 0.2) is 36.7 Å². The van der Waals surface area contributed by atoms with Crippen LogP contribution in [0, 0.1) is 5.82 Å². The van der Waals surface area contributed by atoms with Gasteiger partial charge in [-0.05, 0) is 61.8 Å². The Balaban J connectivity index is 1.42. The third-order valence-corrected chi connectivity index (χ3v) is 5.97. The van der Waals surface area contributed by atoms with E-state index in [0.717, 1.165) is 42.4 Å². The number of rotatable bonds is 4. The highest BCUT2D eigenvalue weighted by Gasteiger charge is 2.36. The average molecular weight is 356 g/mol. The number of aliphatic hydroxyl groups is 1. The van der Waals surface area contributed by atoms with Gasteiger partial charge in [0, 0.05) is 30.0 Å². The van der Waals surface area contributed by atoms with Crippen molar-refractivity contribution in [2.45, 2.75) is 56.2 Å². The highest BCUT2D eigenvalue weighted by atomic mass is 19.1. The van der Waals surface area contributed by atoms with E-state index in [9.17, 15) is 9.50 Å². The minimum Gasteiger partial charge on any atom is -0.494 e. The molecule has 138 valence electrons. The number of hydrogen-bond acceptors (Lipinski definition) is 4. The summed E-state index contributed by atoms with van der Waals surface area (Å²) in [5.74, 6) is 0.104. The molecule has 0 amide bonds. The summed E-state index contributed by atoms with van der Waals surface area (Å²) in [5, 5.41) is 14.6. The van der Waals surface area contributed by atoms with Gasteiger partial charge in [0.2, 0.25) is 0 Å². The second-order valence-electron chi connectivity index (χ2n) is 7.46. The second kappa shape index (κ2) is 6.97. The number of aromatic nitrogens is 1. The molecular weight excluding hydrogens is 331 g/mol. The Morgan fingerprint density at radius 2 is 2.04 bits per heavy atom. The molecule has 5 heteroatoms. The van der Waals surface area contributed by atoms with Gasteiger partial charge in [0.05, 0.1) is 12.7 Å². The molecule has 26 heavy (non-hydrogen) atoms. The molecule has 0 radical (unpaired) electrons. The zero-order valence-corrected chi connectivity index (χ0v) is 15.0. The zero-order valence-electron chi connectivity index (χ0n) is 15.0. The van der Waals surface area contributed by atoms with Gasteiger partial charge in [-0.25, -0.2) is 4.39 Å². The van der Waals surface area contributed by atoms with Gasteiger partial charge in [-0.2, -0.15) is 0 Å². The molecule has 0 bridgehead atoms. The second-order valence-corrected chi connectivity index (χ2v) is 7.46. The Bertz CT molecular complexity index is 773. The Morgan fingerprint density at radius 1 is 1.23 bits per heavy atom. The molecule has 2 aliphatic rings. The fourth-order valence-corrected chi connectivity index (χ4v) is 4.44. The van der Waals surface area contributed by atoms with Gasteiger partial charge in [0.25, 0.3) is 0 Å². The fraction of sp³-hybridized carbons (Fsp3) is 0.476. The molecule has 1 unspecified atom stereocenters. The number of benzene rings is 1. The predicted octanol–water partition coefficient (Wildman–Crippen LogP) is 3.64. The summed E-state index contributed by atoms with van der Waals surface area (Å²) in [6.07, 6.45) is 8.36. The van der Waals surface area contributed by atoms with E-state index < -0.39 is 5.60 Å². The van der Waals surface area contributed by atoms with Crippen LogP contribution in [0.25, 0.3) is 0 Å². The SMILES string of the molecule is COc1ccc2c(c1F)CCC2NC1CCC(O)(c2cccnc2)CC1. The van der Waals surface area contributed by atoms with Crippen molar-refractivity contribution in [2.75, 3.05) is 7.11 Å². The van der Waals surface area contributed by atoms with Gasteiger partial charge < -0.3 is 15.2 Å². The van der Waals surface area contributed by atoms with Crippen molar-refractivity contribution in [2.24, 2.45) is 0 Å². The molecule has 2 N–H and O–H groups in total. The molecule has 0 aliphatic heterocycles. The predicted molar refractivity (Wildman–Crippen MR) is 97.5 cm³/mol. The number of hydrogen-bond donors (Lipinski definition) is 2. The minimum atomic E-state index is -0.778. The number of halogens is 1. The van der Waals surface area contributed by atoms with Gasteiger partial charge in [-0.15, -0.1) is 0 Å². The highest BCUT2D eigenvalue weighted by Crippen LogP contribution is 2.40. The van der Waals surface area contributed by atoms with Crippen LogP contribution >= 0.6 is 0 Å². The van der Waals surface area contributed by atoms with Crippen LogP contribution in [-0.2, 0) is 12.0 Å². The maximum Gasteiger partial charge on any atom is 0.168 e. The summed E-state index contributed by atoms with van der Waals surface area (Å²) >= 11 is 0. The number of methoxy groups -OCH3 is 1. The number of nitrogens with one attached hydrogen (secondary N) is 1. The van der Waals surface area contributed by atoms with Gasteiger partial charge >= 0.3 is 0 Å². The van der Waals surface area contributed by atoms with E-state index in [0.29, 0.717) is 24.6 Å². The molecule has 1 saturated carbocycles. The number of ether oxygens (including phenoxy) is 1. The molecule has 0 spiro atoms. The Kier molecular flexibility index (Phi) is 4.67. The largest absolute Gasteiger partial charge is 0.494 e. The lowest BCUT2D eigenvalue weighted by Gasteiger charge is -2.37. The number of fused-ring (bicyclic) bond motifs is 1. The van der Waals surface area contributed by atoms with E-state index in [1.54, 1.807) is 18.5 Å². The normalized spacial score (nSPS) is 28.0. The van der Waals surface area contributed by atoms with E-state index >= 15 is 0 Å². The summed E-state index contributed by atoms with van der Waals surface area (Å²) in [5.41, 5.74) is 1.96. The van der Waals surface area contributed by atoms with Crippen molar-refractivity contribution in [3.63, 3.8) is 0 Å². The van der Waals surface area contributed by atoms with Gasteiger partial charge in [0.15, 0.2) is 11.6 Å². The van der Waals surface area contributed by atoms with E-state index in [-0.39, 0.29) is 11.9 Å². The first kappa shape index (κ1) is 17.4. The quantitative estimate of drug-likeness (QED) is 0.878. The van der Waals surface area contributed by atoms with Crippen LogP contribution in [0.1, 0.15) is 54.8 Å². The van der Waals surface area contributed by atoms with Crippen molar-refractivity contribution < 1.29 is 14.2 Å². The average Bonchev–Trinajstić information content (AvgIpc) is 3.08. The zero-order chi connectivity index (χ0) is 18.1. The minimum absolute atomic E-state index is 0.181. The van der Waals surface area contributed by atoms with Crippen LogP contribution in [0.4, 0.5) is 4.39 Å². The van der Waals surface area contributed by atoms with Crippen molar-refractivity contribution in [1.29, 1.82) is 0 Å². The van der Waals surface area contributed by atoms with Crippen LogP contribution in [0.2, 0.25) is 0 Å². The molecule has 1 fully saturated rings. The molecule has 1 heterocycles. The third-order valence-electron chi connectivity index (χ3n) is 5.97. The lowest BCUT2D eigenvalue weighted by Crippen LogP contribution is -2.40. The Morgan fingerprint density at radius 3 is 2.73 bits per heavy atom. The molecule has 1 aromatic carbocycles. The molecule has 2 aliphatic carbocycles. The van der Waals surface area contributed by atoms with Crippen LogP contribution in [0.5, 0.6) is 5.75 Å².